The van der Waals surface area contributed by atoms with Crippen LogP contribution in [0.15, 0.2) is 0 Å². The molecule has 0 aromatic carbocycles. The molecular formula is C10H24Cl2N4O2. The van der Waals surface area contributed by atoms with E-state index in [-0.39, 0.29) is 36.6 Å². The SMILES string of the molecule is CC(=O)NCCNCCNCCNC(C)=O.Cl.Cl. The Morgan fingerprint density at radius 3 is 1.22 bits per heavy atom. The average molecular weight is 303 g/mol. The monoisotopic (exact) mass is 302 g/mol. The molecule has 0 aliphatic heterocycles. The van der Waals surface area contributed by atoms with Crippen molar-refractivity contribution in [2.24, 2.45) is 0 Å². The maximum atomic E-state index is 10.5. The van der Waals surface area contributed by atoms with Crippen LogP contribution in [0.3, 0.4) is 0 Å². The van der Waals surface area contributed by atoms with Gasteiger partial charge in [-0.15, -0.1) is 24.8 Å². The Bertz CT molecular complexity index is 196. The smallest absolute Gasteiger partial charge is 0.216 e. The molecular weight excluding hydrogens is 279 g/mol. The molecule has 0 aliphatic carbocycles. The van der Waals surface area contributed by atoms with Crippen LogP contribution in [0.25, 0.3) is 0 Å². The molecule has 0 unspecified atom stereocenters. The Morgan fingerprint density at radius 1 is 0.667 bits per heavy atom. The fraction of sp³-hybridized carbons (Fsp3) is 0.800. The van der Waals surface area contributed by atoms with E-state index in [4.69, 9.17) is 0 Å². The zero-order valence-corrected chi connectivity index (χ0v) is 12.5. The number of nitrogens with one attached hydrogen (secondary N) is 4. The van der Waals surface area contributed by atoms with E-state index in [1.807, 2.05) is 0 Å². The summed E-state index contributed by atoms with van der Waals surface area (Å²) < 4.78 is 0. The van der Waals surface area contributed by atoms with E-state index < -0.39 is 0 Å². The lowest BCUT2D eigenvalue weighted by atomic mass is 10.5. The van der Waals surface area contributed by atoms with Crippen molar-refractivity contribution in [1.82, 2.24) is 21.3 Å². The highest BCUT2D eigenvalue weighted by molar-refractivity contribution is 5.85. The van der Waals surface area contributed by atoms with Gasteiger partial charge in [0.25, 0.3) is 0 Å². The summed E-state index contributed by atoms with van der Waals surface area (Å²) in [5, 5.41) is 11.8. The molecule has 18 heavy (non-hydrogen) atoms. The Morgan fingerprint density at radius 2 is 0.944 bits per heavy atom. The van der Waals surface area contributed by atoms with Crippen molar-refractivity contribution < 1.29 is 9.59 Å². The minimum atomic E-state index is -0.00441. The summed E-state index contributed by atoms with van der Waals surface area (Å²) >= 11 is 0. The quantitative estimate of drug-likeness (QED) is 0.424. The molecule has 0 heterocycles. The third-order valence-corrected chi connectivity index (χ3v) is 1.83. The molecule has 2 amide bonds. The lowest BCUT2D eigenvalue weighted by molar-refractivity contribution is -0.119. The van der Waals surface area contributed by atoms with Crippen LogP contribution in [-0.2, 0) is 9.59 Å². The van der Waals surface area contributed by atoms with Gasteiger partial charge in [0.15, 0.2) is 0 Å². The zero-order valence-electron chi connectivity index (χ0n) is 10.9. The van der Waals surface area contributed by atoms with Crippen LogP contribution in [-0.4, -0.2) is 51.1 Å². The number of hydrogen-bond acceptors (Lipinski definition) is 4. The summed E-state index contributed by atoms with van der Waals surface area (Å²) in [5.41, 5.74) is 0. The Balaban J connectivity index is -0.00000112. The number of hydrogen-bond donors (Lipinski definition) is 4. The number of rotatable bonds is 9. The summed E-state index contributed by atoms with van der Waals surface area (Å²) in [6, 6.07) is 0. The summed E-state index contributed by atoms with van der Waals surface area (Å²) in [6.45, 7) is 7.55. The van der Waals surface area contributed by atoms with Gasteiger partial charge in [-0.3, -0.25) is 9.59 Å². The van der Waals surface area contributed by atoms with E-state index in [9.17, 15) is 9.59 Å². The molecule has 0 saturated heterocycles. The van der Waals surface area contributed by atoms with Crippen molar-refractivity contribution in [3.8, 4) is 0 Å². The molecule has 110 valence electrons. The second-order valence-corrected chi connectivity index (χ2v) is 3.47. The molecule has 0 atom stereocenters. The topological polar surface area (TPSA) is 82.3 Å². The summed E-state index contributed by atoms with van der Waals surface area (Å²) in [4.78, 5) is 21.0. The second-order valence-electron chi connectivity index (χ2n) is 3.47. The first-order valence-electron chi connectivity index (χ1n) is 5.53. The van der Waals surface area contributed by atoms with Crippen LogP contribution < -0.4 is 21.3 Å². The summed E-state index contributed by atoms with van der Waals surface area (Å²) in [6.07, 6.45) is 0. The average Bonchev–Trinajstić information content (AvgIpc) is 2.20. The largest absolute Gasteiger partial charge is 0.355 e. The van der Waals surface area contributed by atoms with Crippen molar-refractivity contribution in [3.05, 3.63) is 0 Å². The molecule has 6 nitrogen and oxygen atoms in total. The Hall–Kier alpha value is -0.560. The van der Waals surface area contributed by atoms with E-state index in [2.05, 4.69) is 21.3 Å². The fourth-order valence-corrected chi connectivity index (χ4v) is 1.08. The predicted molar refractivity (Wildman–Crippen MR) is 77.6 cm³/mol. The summed E-state index contributed by atoms with van der Waals surface area (Å²) in [5.74, 6) is -0.00883. The lowest BCUT2D eigenvalue weighted by Crippen LogP contribution is -2.36. The number of amides is 2. The van der Waals surface area contributed by atoms with Gasteiger partial charge in [-0.1, -0.05) is 0 Å². The minimum absolute atomic E-state index is 0. The van der Waals surface area contributed by atoms with Gasteiger partial charge in [0.2, 0.25) is 11.8 Å². The van der Waals surface area contributed by atoms with E-state index in [0.29, 0.717) is 13.1 Å². The zero-order chi connectivity index (χ0) is 12.2. The second kappa shape index (κ2) is 16.4. The van der Waals surface area contributed by atoms with E-state index in [0.717, 1.165) is 26.2 Å². The number of halogens is 2. The van der Waals surface area contributed by atoms with E-state index in [1.54, 1.807) is 0 Å². The van der Waals surface area contributed by atoms with Gasteiger partial charge in [-0.2, -0.15) is 0 Å². The third kappa shape index (κ3) is 20.8. The first-order chi connectivity index (χ1) is 7.63. The van der Waals surface area contributed by atoms with Crippen LogP contribution >= 0.6 is 24.8 Å². The molecule has 0 rings (SSSR count). The molecule has 0 radical (unpaired) electrons. The number of carbonyl (C=O) groups is 2. The van der Waals surface area contributed by atoms with E-state index >= 15 is 0 Å². The first kappa shape index (κ1) is 22.6. The van der Waals surface area contributed by atoms with Crippen molar-refractivity contribution in [2.75, 3.05) is 39.3 Å². The van der Waals surface area contributed by atoms with Gasteiger partial charge in [0, 0.05) is 53.1 Å². The molecule has 0 aliphatic rings. The fourth-order valence-electron chi connectivity index (χ4n) is 1.08. The van der Waals surface area contributed by atoms with Crippen molar-refractivity contribution >= 4 is 36.6 Å². The van der Waals surface area contributed by atoms with Crippen molar-refractivity contribution in [3.63, 3.8) is 0 Å². The Kier molecular flexibility index (Phi) is 20.6. The third-order valence-electron chi connectivity index (χ3n) is 1.83. The molecule has 0 spiro atoms. The molecule has 0 fully saturated rings. The minimum Gasteiger partial charge on any atom is -0.355 e. The van der Waals surface area contributed by atoms with Gasteiger partial charge >= 0.3 is 0 Å². The van der Waals surface area contributed by atoms with Gasteiger partial charge in [-0.25, -0.2) is 0 Å². The summed E-state index contributed by atoms with van der Waals surface area (Å²) in [7, 11) is 0. The molecule has 8 heteroatoms. The van der Waals surface area contributed by atoms with Crippen LogP contribution in [0.2, 0.25) is 0 Å². The highest BCUT2D eigenvalue weighted by Gasteiger charge is 1.91. The van der Waals surface area contributed by atoms with Gasteiger partial charge in [-0.05, 0) is 0 Å². The Labute approximate surface area is 121 Å². The van der Waals surface area contributed by atoms with Crippen LogP contribution in [0.4, 0.5) is 0 Å². The van der Waals surface area contributed by atoms with Gasteiger partial charge in [0.1, 0.15) is 0 Å². The van der Waals surface area contributed by atoms with Crippen molar-refractivity contribution in [2.45, 2.75) is 13.8 Å². The highest BCUT2D eigenvalue weighted by atomic mass is 35.5. The highest BCUT2D eigenvalue weighted by Crippen LogP contribution is 1.64. The maximum Gasteiger partial charge on any atom is 0.216 e. The maximum absolute atomic E-state index is 10.5. The molecule has 0 bridgehead atoms. The van der Waals surface area contributed by atoms with Crippen LogP contribution in [0, 0.1) is 0 Å². The first-order valence-corrected chi connectivity index (χ1v) is 5.53. The van der Waals surface area contributed by atoms with E-state index in [1.165, 1.54) is 13.8 Å². The van der Waals surface area contributed by atoms with Crippen LogP contribution in [0.5, 0.6) is 0 Å². The van der Waals surface area contributed by atoms with Crippen molar-refractivity contribution in [1.29, 1.82) is 0 Å². The predicted octanol–water partition coefficient (Wildman–Crippen LogP) is -0.719. The number of carbonyl (C=O) groups excluding carboxylic acids is 2. The standard InChI is InChI=1S/C10H22N4O2.2ClH/c1-9(15)13-7-5-11-3-4-12-6-8-14-10(2)16;;/h11-12H,3-8H2,1-2H3,(H,13,15)(H,14,16);2*1H. The van der Waals surface area contributed by atoms with Gasteiger partial charge in [0.05, 0.1) is 0 Å². The molecule has 0 aromatic heterocycles. The van der Waals surface area contributed by atoms with Gasteiger partial charge < -0.3 is 21.3 Å². The molecule has 0 aromatic rings. The normalized spacial score (nSPS) is 8.78. The molecule has 0 saturated carbocycles. The van der Waals surface area contributed by atoms with Crippen LogP contribution in [0.1, 0.15) is 13.8 Å². The molecule has 4 N–H and O–H groups in total. The lowest BCUT2D eigenvalue weighted by Gasteiger charge is -2.07.